The van der Waals surface area contributed by atoms with E-state index in [1.165, 1.54) is 17.7 Å². The Morgan fingerprint density at radius 3 is 2.75 bits per heavy atom. The van der Waals surface area contributed by atoms with Crippen molar-refractivity contribution >= 4 is 15.9 Å². The molecule has 0 amide bonds. The summed E-state index contributed by atoms with van der Waals surface area (Å²) in [6.07, 6.45) is -0.259. The maximum Gasteiger partial charge on any atom is 0.124 e. The summed E-state index contributed by atoms with van der Waals surface area (Å²) in [7, 11) is 0. The van der Waals surface area contributed by atoms with Crippen molar-refractivity contribution in [2.75, 3.05) is 0 Å². The van der Waals surface area contributed by atoms with Crippen molar-refractivity contribution in [1.29, 1.82) is 0 Å². The summed E-state index contributed by atoms with van der Waals surface area (Å²) in [6.45, 7) is 1.24. The zero-order valence-corrected chi connectivity index (χ0v) is 12.4. The highest BCUT2D eigenvalue weighted by atomic mass is 79.9. The topological polar surface area (TPSA) is 29.5 Å². The van der Waals surface area contributed by atoms with E-state index in [9.17, 15) is 9.50 Å². The molecular formula is C16H14BrFO2. The zero-order chi connectivity index (χ0) is 14.1. The summed E-state index contributed by atoms with van der Waals surface area (Å²) in [6, 6.07) is 10.5. The van der Waals surface area contributed by atoms with Crippen molar-refractivity contribution < 1.29 is 14.2 Å². The van der Waals surface area contributed by atoms with E-state index in [4.69, 9.17) is 4.74 Å². The van der Waals surface area contributed by atoms with Crippen molar-refractivity contribution in [3.63, 3.8) is 0 Å². The molecule has 20 heavy (non-hydrogen) atoms. The van der Waals surface area contributed by atoms with Crippen LogP contribution in [-0.2, 0) is 24.4 Å². The lowest BCUT2D eigenvalue weighted by Crippen LogP contribution is -2.03. The molecule has 0 saturated carbocycles. The standard InChI is InChI=1S/C16H14BrFO2/c17-14-3-10(4-15(18)7-14)5-16(19)11-1-2-12-8-20-9-13(12)6-11/h1-4,6-7,16,19H,5,8-9H2. The predicted molar refractivity (Wildman–Crippen MR) is 77.7 cm³/mol. The molecule has 0 saturated heterocycles. The van der Waals surface area contributed by atoms with Crippen molar-refractivity contribution in [2.24, 2.45) is 0 Å². The van der Waals surface area contributed by atoms with E-state index >= 15 is 0 Å². The molecule has 0 fully saturated rings. The number of hydrogen-bond acceptors (Lipinski definition) is 2. The van der Waals surface area contributed by atoms with Gasteiger partial charge in [-0.25, -0.2) is 4.39 Å². The molecule has 2 aromatic rings. The van der Waals surface area contributed by atoms with Crippen LogP contribution in [0, 0.1) is 5.82 Å². The van der Waals surface area contributed by atoms with Gasteiger partial charge in [0.2, 0.25) is 0 Å². The molecular weight excluding hydrogens is 323 g/mol. The molecule has 0 aliphatic carbocycles. The maximum atomic E-state index is 13.3. The van der Waals surface area contributed by atoms with Crippen molar-refractivity contribution in [3.05, 3.63) is 68.9 Å². The molecule has 1 aliphatic rings. The lowest BCUT2D eigenvalue weighted by molar-refractivity contribution is 0.134. The van der Waals surface area contributed by atoms with Gasteiger partial charge in [-0.05, 0) is 40.5 Å². The first-order valence-electron chi connectivity index (χ1n) is 6.44. The van der Waals surface area contributed by atoms with Crippen molar-refractivity contribution in [3.8, 4) is 0 Å². The Bertz CT molecular complexity index is 622. The summed E-state index contributed by atoms with van der Waals surface area (Å²) < 4.78 is 19.4. The summed E-state index contributed by atoms with van der Waals surface area (Å²) >= 11 is 3.26. The number of aliphatic hydroxyl groups excluding tert-OH is 1. The normalized spacial score (nSPS) is 15.2. The van der Waals surface area contributed by atoms with Gasteiger partial charge in [0.05, 0.1) is 19.3 Å². The van der Waals surface area contributed by atoms with Gasteiger partial charge >= 0.3 is 0 Å². The Balaban J connectivity index is 1.80. The minimum absolute atomic E-state index is 0.302. The van der Waals surface area contributed by atoms with Gasteiger partial charge in [0.15, 0.2) is 0 Å². The lowest BCUT2D eigenvalue weighted by Gasteiger charge is -2.13. The SMILES string of the molecule is OC(Cc1cc(F)cc(Br)c1)c1ccc2c(c1)COC2. The molecule has 0 spiro atoms. The quantitative estimate of drug-likeness (QED) is 0.921. The minimum Gasteiger partial charge on any atom is -0.388 e. The number of rotatable bonds is 3. The molecule has 1 unspecified atom stereocenters. The summed E-state index contributed by atoms with van der Waals surface area (Å²) in [4.78, 5) is 0. The van der Waals surface area contributed by atoms with Gasteiger partial charge in [-0.15, -0.1) is 0 Å². The fourth-order valence-corrected chi connectivity index (χ4v) is 2.98. The second kappa shape index (κ2) is 5.64. The van der Waals surface area contributed by atoms with Gasteiger partial charge in [-0.3, -0.25) is 0 Å². The van der Waals surface area contributed by atoms with Crippen LogP contribution < -0.4 is 0 Å². The number of hydrogen-bond donors (Lipinski definition) is 1. The fraction of sp³-hybridized carbons (Fsp3) is 0.250. The van der Waals surface area contributed by atoms with E-state index in [1.807, 2.05) is 24.3 Å². The highest BCUT2D eigenvalue weighted by molar-refractivity contribution is 9.10. The van der Waals surface area contributed by atoms with E-state index in [1.54, 1.807) is 0 Å². The Kier molecular flexibility index (Phi) is 3.87. The molecule has 2 aromatic carbocycles. The Morgan fingerprint density at radius 2 is 1.95 bits per heavy atom. The van der Waals surface area contributed by atoms with Gasteiger partial charge in [0.1, 0.15) is 5.82 Å². The zero-order valence-electron chi connectivity index (χ0n) is 10.8. The average Bonchev–Trinajstić information content (AvgIpc) is 2.84. The Hall–Kier alpha value is -1.23. The van der Waals surface area contributed by atoms with Gasteiger partial charge in [-0.1, -0.05) is 34.1 Å². The molecule has 1 atom stereocenters. The third-order valence-electron chi connectivity index (χ3n) is 3.48. The Morgan fingerprint density at radius 1 is 1.15 bits per heavy atom. The molecule has 0 aromatic heterocycles. The van der Waals surface area contributed by atoms with E-state index < -0.39 is 6.10 Å². The van der Waals surface area contributed by atoms with Gasteiger partial charge in [-0.2, -0.15) is 0 Å². The summed E-state index contributed by atoms with van der Waals surface area (Å²) in [5, 5.41) is 10.3. The smallest absolute Gasteiger partial charge is 0.124 e. The van der Waals surface area contributed by atoms with Crippen molar-refractivity contribution in [2.45, 2.75) is 25.7 Å². The molecule has 0 radical (unpaired) electrons. The molecule has 1 heterocycles. The molecule has 0 bridgehead atoms. The Labute approximate surface area is 125 Å². The largest absolute Gasteiger partial charge is 0.388 e. The predicted octanol–water partition coefficient (Wildman–Crippen LogP) is 3.89. The summed E-state index contributed by atoms with van der Waals surface area (Å²) in [5.41, 5.74) is 3.91. The monoisotopic (exact) mass is 336 g/mol. The van der Waals surface area contributed by atoms with Crippen LogP contribution in [-0.4, -0.2) is 5.11 Å². The van der Waals surface area contributed by atoms with Gasteiger partial charge < -0.3 is 9.84 Å². The van der Waals surface area contributed by atoms with Crippen LogP contribution >= 0.6 is 15.9 Å². The number of ether oxygens (including phenoxy) is 1. The van der Waals surface area contributed by atoms with E-state index in [0.29, 0.717) is 24.1 Å². The first-order valence-corrected chi connectivity index (χ1v) is 7.23. The second-order valence-corrected chi connectivity index (χ2v) is 5.93. The molecule has 104 valence electrons. The average molecular weight is 337 g/mol. The number of fused-ring (bicyclic) bond motifs is 1. The fourth-order valence-electron chi connectivity index (χ4n) is 2.47. The highest BCUT2D eigenvalue weighted by Crippen LogP contribution is 2.26. The van der Waals surface area contributed by atoms with Gasteiger partial charge in [0.25, 0.3) is 0 Å². The third kappa shape index (κ3) is 2.92. The maximum absolute atomic E-state index is 13.3. The van der Waals surface area contributed by atoms with Crippen LogP contribution in [0.25, 0.3) is 0 Å². The van der Waals surface area contributed by atoms with Crippen molar-refractivity contribution in [1.82, 2.24) is 0 Å². The summed E-state index contributed by atoms with van der Waals surface area (Å²) in [5.74, 6) is -0.302. The minimum atomic E-state index is -0.644. The van der Waals surface area contributed by atoms with E-state index in [0.717, 1.165) is 16.7 Å². The van der Waals surface area contributed by atoms with Crippen LogP contribution in [0.15, 0.2) is 40.9 Å². The van der Waals surface area contributed by atoms with Crippen LogP contribution in [0.1, 0.15) is 28.4 Å². The van der Waals surface area contributed by atoms with E-state index in [2.05, 4.69) is 15.9 Å². The number of aliphatic hydroxyl groups is 1. The number of benzene rings is 2. The molecule has 3 rings (SSSR count). The number of halogens is 2. The van der Waals surface area contributed by atoms with Gasteiger partial charge in [0, 0.05) is 10.9 Å². The first-order chi connectivity index (χ1) is 9.61. The highest BCUT2D eigenvalue weighted by Gasteiger charge is 2.15. The van der Waals surface area contributed by atoms with Crippen LogP contribution in [0.4, 0.5) is 4.39 Å². The first kappa shape index (κ1) is 13.7. The van der Waals surface area contributed by atoms with E-state index in [-0.39, 0.29) is 5.82 Å². The van der Waals surface area contributed by atoms with Crippen LogP contribution in [0.3, 0.4) is 0 Å². The molecule has 1 N–H and O–H groups in total. The third-order valence-corrected chi connectivity index (χ3v) is 3.94. The molecule has 2 nitrogen and oxygen atoms in total. The second-order valence-electron chi connectivity index (χ2n) is 5.02. The molecule has 1 aliphatic heterocycles. The van der Waals surface area contributed by atoms with Crippen LogP contribution in [0.5, 0.6) is 0 Å². The molecule has 4 heteroatoms. The van der Waals surface area contributed by atoms with Crippen LogP contribution in [0.2, 0.25) is 0 Å². The lowest BCUT2D eigenvalue weighted by atomic mass is 9.98.